The van der Waals surface area contributed by atoms with Gasteiger partial charge in [-0.25, -0.2) is 0 Å². The van der Waals surface area contributed by atoms with Crippen LogP contribution in [-0.4, -0.2) is 45.3 Å². The van der Waals surface area contributed by atoms with E-state index in [-0.39, 0.29) is 12.5 Å². The first-order valence-electron chi connectivity index (χ1n) is 3.80. The average molecular weight is 162 g/mol. The third-order valence-electron chi connectivity index (χ3n) is 2.20. The van der Waals surface area contributed by atoms with Gasteiger partial charge in [0.25, 0.3) is 0 Å². The smallest absolute Gasteiger partial charge is 0.106 e. The molecule has 0 bridgehead atoms. The zero-order valence-corrected chi connectivity index (χ0v) is 6.22. The van der Waals surface area contributed by atoms with Gasteiger partial charge in [-0.05, 0) is 18.8 Å². The summed E-state index contributed by atoms with van der Waals surface area (Å²) in [7, 11) is 0. The molecule has 2 atom stereocenters. The summed E-state index contributed by atoms with van der Waals surface area (Å²) in [6.45, 7) is -0.0408. The van der Waals surface area contributed by atoms with Crippen molar-refractivity contribution in [1.82, 2.24) is 0 Å². The highest BCUT2D eigenvalue weighted by Crippen LogP contribution is 2.24. The lowest BCUT2D eigenvalue weighted by atomic mass is 9.84. The van der Waals surface area contributed by atoms with E-state index in [9.17, 15) is 0 Å². The molecule has 0 heterocycles. The fraction of sp³-hybridized carbons (Fsp3) is 1.00. The third-order valence-corrected chi connectivity index (χ3v) is 2.20. The summed E-state index contributed by atoms with van der Waals surface area (Å²) in [5.74, 6) is -0.0802. The molecule has 0 aromatic carbocycles. The maximum atomic E-state index is 9.13. The normalized spacial score (nSPS) is 45.8. The Balaban J connectivity index is 2.47. The predicted molar refractivity (Wildman–Crippen MR) is 37.8 cm³/mol. The topological polar surface area (TPSA) is 80.9 Å². The van der Waals surface area contributed by atoms with E-state index in [2.05, 4.69) is 0 Å². The zero-order chi connectivity index (χ0) is 8.43. The predicted octanol–water partition coefficient (Wildman–Crippen LogP) is -1.53. The summed E-state index contributed by atoms with van der Waals surface area (Å²) in [6, 6.07) is 0. The van der Waals surface area contributed by atoms with Crippen molar-refractivity contribution in [2.45, 2.75) is 31.2 Å². The molecule has 1 aliphatic rings. The Hall–Kier alpha value is -0.160. The van der Waals surface area contributed by atoms with Crippen LogP contribution in [0.1, 0.15) is 12.8 Å². The molecule has 0 radical (unpaired) electrons. The van der Waals surface area contributed by atoms with Gasteiger partial charge < -0.3 is 20.4 Å². The highest BCUT2D eigenvalue weighted by atomic mass is 16.4. The first kappa shape index (κ1) is 8.93. The molecule has 1 aliphatic carbocycles. The minimum absolute atomic E-state index is 0.0408. The molecule has 4 N–H and O–H groups in total. The maximum absolute atomic E-state index is 9.13. The molecular formula is C7H14O4. The SMILES string of the molecule is OCC1CC(O)C(O)C(O)C1. The van der Waals surface area contributed by atoms with Crippen LogP contribution in [0, 0.1) is 5.92 Å². The van der Waals surface area contributed by atoms with Gasteiger partial charge >= 0.3 is 0 Å². The number of aliphatic hydroxyl groups excluding tert-OH is 4. The van der Waals surface area contributed by atoms with Crippen LogP contribution in [0.5, 0.6) is 0 Å². The second kappa shape index (κ2) is 3.49. The van der Waals surface area contributed by atoms with Gasteiger partial charge in [-0.15, -0.1) is 0 Å². The summed E-state index contributed by atoms with van der Waals surface area (Å²) in [4.78, 5) is 0. The van der Waals surface area contributed by atoms with Crippen molar-refractivity contribution >= 4 is 0 Å². The lowest BCUT2D eigenvalue weighted by Crippen LogP contribution is -2.45. The fourth-order valence-electron chi connectivity index (χ4n) is 1.46. The molecule has 11 heavy (non-hydrogen) atoms. The number of aliphatic hydroxyl groups is 4. The zero-order valence-electron chi connectivity index (χ0n) is 6.22. The van der Waals surface area contributed by atoms with Crippen LogP contribution in [0.15, 0.2) is 0 Å². The van der Waals surface area contributed by atoms with E-state index in [0.29, 0.717) is 12.8 Å². The van der Waals surface area contributed by atoms with Crippen molar-refractivity contribution in [1.29, 1.82) is 0 Å². The number of hydrogen-bond donors (Lipinski definition) is 4. The molecule has 0 aromatic heterocycles. The molecule has 1 fully saturated rings. The number of hydrogen-bond acceptors (Lipinski definition) is 4. The molecular weight excluding hydrogens is 148 g/mol. The van der Waals surface area contributed by atoms with E-state index in [1.165, 1.54) is 0 Å². The third kappa shape index (κ3) is 1.90. The summed E-state index contributed by atoms with van der Waals surface area (Å²) >= 11 is 0. The lowest BCUT2D eigenvalue weighted by Gasteiger charge is -2.32. The van der Waals surface area contributed by atoms with Gasteiger partial charge in [-0.1, -0.05) is 0 Å². The van der Waals surface area contributed by atoms with E-state index in [4.69, 9.17) is 20.4 Å². The number of rotatable bonds is 1. The Labute approximate surface area is 65.1 Å². The van der Waals surface area contributed by atoms with Crippen LogP contribution in [-0.2, 0) is 0 Å². The summed E-state index contributed by atoms with van der Waals surface area (Å²) in [5, 5.41) is 36.0. The average Bonchev–Trinajstić information content (AvgIpc) is 1.99. The highest BCUT2D eigenvalue weighted by Gasteiger charge is 2.33. The van der Waals surface area contributed by atoms with Crippen molar-refractivity contribution in [3.8, 4) is 0 Å². The minimum Gasteiger partial charge on any atom is -0.396 e. The van der Waals surface area contributed by atoms with Crippen molar-refractivity contribution in [2.75, 3.05) is 6.61 Å². The van der Waals surface area contributed by atoms with Crippen LogP contribution in [0.3, 0.4) is 0 Å². The Bertz CT molecular complexity index is 116. The van der Waals surface area contributed by atoms with Crippen LogP contribution >= 0.6 is 0 Å². The van der Waals surface area contributed by atoms with E-state index >= 15 is 0 Å². The van der Waals surface area contributed by atoms with Gasteiger partial charge in [0.1, 0.15) is 6.10 Å². The van der Waals surface area contributed by atoms with Crippen LogP contribution in [0.2, 0.25) is 0 Å². The maximum Gasteiger partial charge on any atom is 0.106 e. The summed E-state index contributed by atoms with van der Waals surface area (Å²) < 4.78 is 0. The Morgan fingerprint density at radius 2 is 1.45 bits per heavy atom. The van der Waals surface area contributed by atoms with Crippen LogP contribution < -0.4 is 0 Å². The van der Waals surface area contributed by atoms with Crippen LogP contribution in [0.4, 0.5) is 0 Å². The molecule has 2 unspecified atom stereocenters. The van der Waals surface area contributed by atoms with E-state index in [0.717, 1.165) is 0 Å². The quantitative estimate of drug-likeness (QED) is 0.377. The lowest BCUT2D eigenvalue weighted by molar-refractivity contribution is -0.105. The second-order valence-electron chi connectivity index (χ2n) is 3.15. The Morgan fingerprint density at radius 1 is 1.00 bits per heavy atom. The van der Waals surface area contributed by atoms with Crippen molar-refractivity contribution < 1.29 is 20.4 Å². The molecule has 1 rings (SSSR count). The van der Waals surface area contributed by atoms with Gasteiger partial charge in [0, 0.05) is 6.61 Å². The van der Waals surface area contributed by atoms with Gasteiger partial charge in [0.2, 0.25) is 0 Å². The molecule has 0 saturated heterocycles. The molecule has 0 amide bonds. The first-order valence-corrected chi connectivity index (χ1v) is 3.80. The molecule has 66 valence electrons. The van der Waals surface area contributed by atoms with Crippen molar-refractivity contribution in [2.24, 2.45) is 5.92 Å². The molecule has 4 nitrogen and oxygen atoms in total. The molecule has 0 spiro atoms. The standard InChI is InChI=1S/C7H14O4/c8-3-4-1-5(9)7(11)6(10)2-4/h4-11H,1-3H2. The molecule has 1 saturated carbocycles. The van der Waals surface area contributed by atoms with Gasteiger partial charge in [0.15, 0.2) is 0 Å². The largest absolute Gasteiger partial charge is 0.396 e. The van der Waals surface area contributed by atoms with Crippen molar-refractivity contribution in [3.05, 3.63) is 0 Å². The Morgan fingerprint density at radius 3 is 1.82 bits per heavy atom. The summed E-state index contributed by atoms with van der Waals surface area (Å²) in [5.41, 5.74) is 0. The first-order chi connectivity index (χ1) is 5.15. The van der Waals surface area contributed by atoms with Crippen LogP contribution in [0.25, 0.3) is 0 Å². The van der Waals surface area contributed by atoms with Gasteiger partial charge in [-0.3, -0.25) is 0 Å². The molecule has 0 aromatic rings. The van der Waals surface area contributed by atoms with E-state index in [1.54, 1.807) is 0 Å². The Kier molecular flexibility index (Phi) is 2.84. The van der Waals surface area contributed by atoms with Gasteiger partial charge in [-0.2, -0.15) is 0 Å². The highest BCUT2D eigenvalue weighted by molar-refractivity contribution is 4.85. The fourth-order valence-corrected chi connectivity index (χ4v) is 1.46. The monoisotopic (exact) mass is 162 g/mol. The van der Waals surface area contributed by atoms with Crippen molar-refractivity contribution in [3.63, 3.8) is 0 Å². The van der Waals surface area contributed by atoms with Gasteiger partial charge in [0.05, 0.1) is 12.2 Å². The minimum atomic E-state index is -1.04. The van der Waals surface area contributed by atoms with E-state index in [1.807, 2.05) is 0 Å². The summed E-state index contributed by atoms with van der Waals surface area (Å²) in [6.07, 6.45) is -2.09. The second-order valence-corrected chi connectivity index (χ2v) is 3.15. The van der Waals surface area contributed by atoms with E-state index < -0.39 is 18.3 Å². The molecule has 4 heteroatoms. The molecule has 0 aliphatic heterocycles.